The molecule has 0 amide bonds. The molecule has 1 unspecified atom stereocenters. The van der Waals surface area contributed by atoms with E-state index in [-0.39, 0.29) is 6.23 Å². The summed E-state index contributed by atoms with van der Waals surface area (Å²) in [5.41, 5.74) is 0. The van der Waals surface area contributed by atoms with E-state index >= 15 is 0 Å². The van der Waals surface area contributed by atoms with E-state index in [2.05, 4.69) is 11.8 Å². The number of aliphatic hydroxyl groups excluding tert-OH is 1. The van der Waals surface area contributed by atoms with Gasteiger partial charge in [0.2, 0.25) is 0 Å². The van der Waals surface area contributed by atoms with Gasteiger partial charge >= 0.3 is 0 Å². The van der Waals surface area contributed by atoms with Crippen molar-refractivity contribution in [1.29, 1.82) is 0 Å². The van der Waals surface area contributed by atoms with Gasteiger partial charge < -0.3 is 5.11 Å². The Balaban J connectivity index is 2.30. The van der Waals surface area contributed by atoms with Crippen molar-refractivity contribution in [1.82, 2.24) is 4.90 Å². The van der Waals surface area contributed by atoms with Crippen molar-refractivity contribution in [3.8, 4) is 0 Å². The average molecular weight is 115 g/mol. The fourth-order valence-corrected chi connectivity index (χ4v) is 1.18. The molecule has 0 bridgehead atoms. The maximum Gasteiger partial charge on any atom is 0.107 e. The van der Waals surface area contributed by atoms with Crippen molar-refractivity contribution >= 4 is 0 Å². The van der Waals surface area contributed by atoms with Crippen LogP contribution in [0.15, 0.2) is 0 Å². The van der Waals surface area contributed by atoms with E-state index in [1.165, 1.54) is 0 Å². The molecule has 0 saturated carbocycles. The maximum atomic E-state index is 9.11. The van der Waals surface area contributed by atoms with E-state index < -0.39 is 0 Å². The number of rotatable bonds is 1. The van der Waals surface area contributed by atoms with Crippen LogP contribution in [0.1, 0.15) is 19.8 Å². The third-order valence-electron chi connectivity index (χ3n) is 1.74. The molecule has 0 radical (unpaired) electrons. The molecule has 1 rings (SSSR count). The Morgan fingerprint density at radius 3 is 2.75 bits per heavy atom. The average Bonchev–Trinajstić information content (AvgIpc) is 2.14. The van der Waals surface area contributed by atoms with Crippen LogP contribution in [0.2, 0.25) is 0 Å². The summed E-state index contributed by atoms with van der Waals surface area (Å²) in [7, 11) is 0. The smallest absolute Gasteiger partial charge is 0.107 e. The largest absolute Gasteiger partial charge is 0.378 e. The number of aliphatic hydroxyl groups is 1. The second-order valence-corrected chi connectivity index (χ2v) is 2.25. The molecular formula is C6H13NO. The van der Waals surface area contributed by atoms with Crippen LogP contribution in [0.5, 0.6) is 0 Å². The molecule has 1 N–H and O–H groups in total. The normalized spacial score (nSPS) is 31.5. The third kappa shape index (κ3) is 1.01. The Kier molecular flexibility index (Phi) is 1.86. The summed E-state index contributed by atoms with van der Waals surface area (Å²) in [6.07, 6.45) is 1.99. The van der Waals surface area contributed by atoms with Gasteiger partial charge in [-0.05, 0) is 19.4 Å². The van der Waals surface area contributed by atoms with Gasteiger partial charge in [-0.1, -0.05) is 6.92 Å². The Hall–Kier alpha value is -0.0800. The first-order valence-corrected chi connectivity index (χ1v) is 3.26. The molecule has 48 valence electrons. The number of nitrogens with zero attached hydrogens (tertiary/aromatic N) is 1. The molecule has 0 aromatic carbocycles. The van der Waals surface area contributed by atoms with Gasteiger partial charge in [0.05, 0.1) is 0 Å². The van der Waals surface area contributed by atoms with Gasteiger partial charge in [0, 0.05) is 6.54 Å². The number of likely N-dealkylation sites (tertiary alicyclic amines) is 1. The predicted molar refractivity (Wildman–Crippen MR) is 32.5 cm³/mol. The van der Waals surface area contributed by atoms with E-state index in [4.69, 9.17) is 5.11 Å². The minimum Gasteiger partial charge on any atom is -0.378 e. The van der Waals surface area contributed by atoms with Gasteiger partial charge in [0.15, 0.2) is 0 Å². The summed E-state index contributed by atoms with van der Waals surface area (Å²) < 4.78 is 0. The zero-order chi connectivity index (χ0) is 5.98. The third-order valence-corrected chi connectivity index (χ3v) is 1.74. The fourth-order valence-electron chi connectivity index (χ4n) is 1.18. The van der Waals surface area contributed by atoms with Gasteiger partial charge in [-0.3, -0.25) is 4.90 Å². The van der Waals surface area contributed by atoms with Gasteiger partial charge in [-0.25, -0.2) is 0 Å². The molecule has 1 atom stereocenters. The Morgan fingerprint density at radius 2 is 2.50 bits per heavy atom. The molecule has 1 saturated heterocycles. The van der Waals surface area contributed by atoms with Crippen LogP contribution in [0.25, 0.3) is 0 Å². The first-order valence-electron chi connectivity index (χ1n) is 3.26. The molecule has 8 heavy (non-hydrogen) atoms. The summed E-state index contributed by atoms with van der Waals surface area (Å²) in [5, 5.41) is 9.11. The second kappa shape index (κ2) is 2.46. The van der Waals surface area contributed by atoms with Crippen molar-refractivity contribution in [2.75, 3.05) is 13.1 Å². The van der Waals surface area contributed by atoms with E-state index in [0.29, 0.717) is 0 Å². The van der Waals surface area contributed by atoms with E-state index in [0.717, 1.165) is 25.9 Å². The van der Waals surface area contributed by atoms with Gasteiger partial charge in [0.1, 0.15) is 6.23 Å². The van der Waals surface area contributed by atoms with Crippen LogP contribution < -0.4 is 0 Å². The van der Waals surface area contributed by atoms with Crippen LogP contribution in [0.4, 0.5) is 0 Å². The molecule has 0 aromatic heterocycles. The van der Waals surface area contributed by atoms with E-state index in [9.17, 15) is 0 Å². The Labute approximate surface area is 50.1 Å². The van der Waals surface area contributed by atoms with Gasteiger partial charge in [0.25, 0.3) is 0 Å². The first kappa shape index (κ1) is 6.05. The second-order valence-electron chi connectivity index (χ2n) is 2.25. The molecular weight excluding hydrogens is 102 g/mol. The van der Waals surface area contributed by atoms with Crippen molar-refractivity contribution in [3.05, 3.63) is 0 Å². The molecule has 0 spiro atoms. The monoisotopic (exact) mass is 115 g/mol. The van der Waals surface area contributed by atoms with Crippen LogP contribution in [-0.2, 0) is 0 Å². The van der Waals surface area contributed by atoms with E-state index in [1.807, 2.05) is 0 Å². The number of hydrogen-bond donors (Lipinski definition) is 1. The maximum absolute atomic E-state index is 9.11. The van der Waals surface area contributed by atoms with Gasteiger partial charge in [-0.2, -0.15) is 0 Å². The lowest BCUT2D eigenvalue weighted by Gasteiger charge is -2.15. The predicted octanol–water partition coefficient (Wildman–Crippen LogP) is 0.420. The standard InChI is InChI=1S/C6H13NO/c1-2-7-5-3-4-6(7)8/h6,8H,2-5H2,1H3. The van der Waals surface area contributed by atoms with Crippen molar-refractivity contribution in [3.63, 3.8) is 0 Å². The Morgan fingerprint density at radius 1 is 1.75 bits per heavy atom. The summed E-state index contributed by atoms with van der Waals surface area (Å²) in [6.45, 7) is 4.15. The van der Waals surface area contributed by atoms with Crippen molar-refractivity contribution < 1.29 is 5.11 Å². The number of hydrogen-bond acceptors (Lipinski definition) is 2. The fraction of sp³-hybridized carbons (Fsp3) is 1.00. The zero-order valence-electron chi connectivity index (χ0n) is 5.30. The van der Waals surface area contributed by atoms with Crippen LogP contribution in [0.3, 0.4) is 0 Å². The highest BCUT2D eigenvalue weighted by molar-refractivity contribution is 4.67. The highest BCUT2D eigenvalue weighted by Crippen LogP contribution is 2.12. The molecule has 0 aliphatic carbocycles. The van der Waals surface area contributed by atoms with Gasteiger partial charge in [-0.15, -0.1) is 0 Å². The molecule has 1 fully saturated rings. The lowest BCUT2D eigenvalue weighted by molar-refractivity contribution is 0.0422. The summed E-state index contributed by atoms with van der Waals surface area (Å²) in [4.78, 5) is 2.08. The zero-order valence-corrected chi connectivity index (χ0v) is 5.30. The molecule has 0 aromatic rings. The SMILES string of the molecule is CCN1CCCC1O. The summed E-state index contributed by atoms with van der Waals surface area (Å²) >= 11 is 0. The van der Waals surface area contributed by atoms with E-state index in [1.54, 1.807) is 0 Å². The minimum atomic E-state index is -0.139. The highest BCUT2D eigenvalue weighted by atomic mass is 16.3. The topological polar surface area (TPSA) is 23.5 Å². The molecule has 2 heteroatoms. The van der Waals surface area contributed by atoms with Crippen LogP contribution in [0, 0.1) is 0 Å². The molecule has 2 nitrogen and oxygen atoms in total. The van der Waals surface area contributed by atoms with Crippen LogP contribution in [-0.4, -0.2) is 29.3 Å². The van der Waals surface area contributed by atoms with Crippen LogP contribution >= 0.6 is 0 Å². The molecule has 1 aliphatic rings. The lowest BCUT2D eigenvalue weighted by atomic mass is 10.4. The van der Waals surface area contributed by atoms with Crippen molar-refractivity contribution in [2.24, 2.45) is 0 Å². The summed E-state index contributed by atoms with van der Waals surface area (Å²) in [6, 6.07) is 0. The first-order chi connectivity index (χ1) is 3.84. The molecule has 1 aliphatic heterocycles. The minimum absolute atomic E-state index is 0.139. The Bertz CT molecular complexity index is 74.9. The lowest BCUT2D eigenvalue weighted by Crippen LogP contribution is -2.28. The molecule has 1 heterocycles. The van der Waals surface area contributed by atoms with Crippen molar-refractivity contribution in [2.45, 2.75) is 26.0 Å². The highest BCUT2D eigenvalue weighted by Gasteiger charge is 2.18. The quantitative estimate of drug-likeness (QED) is 0.535. The summed E-state index contributed by atoms with van der Waals surface area (Å²) in [5.74, 6) is 0.